The van der Waals surface area contributed by atoms with Gasteiger partial charge in [-0.2, -0.15) is 10.2 Å². The molecule has 94 valence electrons. The lowest BCUT2D eigenvalue weighted by atomic mass is 10.1. The number of hydrogen-bond acceptors (Lipinski definition) is 6. The zero-order chi connectivity index (χ0) is 12.8. The smallest absolute Gasteiger partial charge is 0.505 e. The van der Waals surface area contributed by atoms with Gasteiger partial charge in [0.2, 0.25) is 0 Å². The Morgan fingerprint density at radius 3 is 2.89 bits per heavy atom. The predicted molar refractivity (Wildman–Crippen MR) is 63.4 cm³/mol. The molecular formula is C11H13BN2O4. The van der Waals surface area contributed by atoms with Crippen LogP contribution in [0.3, 0.4) is 0 Å². The molecule has 0 aromatic carbocycles. The molecule has 0 radical (unpaired) electrons. The minimum Gasteiger partial charge on any atom is -0.525 e. The first-order valence-corrected chi connectivity index (χ1v) is 5.72. The van der Waals surface area contributed by atoms with E-state index in [-0.39, 0.29) is 17.7 Å². The summed E-state index contributed by atoms with van der Waals surface area (Å²) in [6, 6.07) is 5.15. The summed E-state index contributed by atoms with van der Waals surface area (Å²) >= 11 is 0. The van der Waals surface area contributed by atoms with E-state index in [1.807, 2.05) is 6.07 Å². The zero-order valence-corrected chi connectivity index (χ0v) is 9.83. The molecule has 1 aliphatic heterocycles. The highest BCUT2D eigenvalue weighted by molar-refractivity contribution is 6.17. The summed E-state index contributed by atoms with van der Waals surface area (Å²) in [6.45, 7) is 1.34. The largest absolute Gasteiger partial charge is 0.525 e. The van der Waals surface area contributed by atoms with Gasteiger partial charge in [0.1, 0.15) is 12.2 Å². The van der Waals surface area contributed by atoms with Crippen LogP contribution >= 0.6 is 0 Å². The summed E-state index contributed by atoms with van der Waals surface area (Å²) in [5.74, 6) is 0.642. The molecule has 1 fully saturated rings. The molecule has 0 aliphatic carbocycles. The first-order valence-electron chi connectivity index (χ1n) is 5.72. The van der Waals surface area contributed by atoms with Crippen molar-refractivity contribution in [3.05, 3.63) is 17.8 Å². The summed E-state index contributed by atoms with van der Waals surface area (Å²) in [4.78, 5) is 3.95. The summed E-state index contributed by atoms with van der Waals surface area (Å²) in [6.07, 6.45) is 1.66. The van der Waals surface area contributed by atoms with Gasteiger partial charge >= 0.3 is 7.69 Å². The van der Waals surface area contributed by atoms with Gasteiger partial charge in [-0.3, -0.25) is 0 Å². The highest BCUT2D eigenvalue weighted by Gasteiger charge is 2.17. The topological polar surface area (TPSA) is 84.6 Å². The Balaban J connectivity index is 2.09. The second-order valence-corrected chi connectivity index (χ2v) is 3.81. The lowest BCUT2D eigenvalue weighted by molar-refractivity contribution is 0.0252. The van der Waals surface area contributed by atoms with Gasteiger partial charge in [0, 0.05) is 18.9 Å². The SMILES string of the molecule is N#Cc1nc(OBO)ccc1OC1CCOCC1. The fraction of sp³-hybridized carbons (Fsp3) is 0.455. The van der Waals surface area contributed by atoms with Gasteiger partial charge in [-0.15, -0.1) is 0 Å². The molecule has 2 heterocycles. The van der Waals surface area contributed by atoms with Gasteiger partial charge in [0.15, 0.2) is 17.3 Å². The van der Waals surface area contributed by atoms with Crippen molar-refractivity contribution in [2.24, 2.45) is 0 Å². The van der Waals surface area contributed by atoms with E-state index in [0.29, 0.717) is 19.0 Å². The Kier molecular flexibility index (Phi) is 4.39. The van der Waals surface area contributed by atoms with Crippen LogP contribution in [0.2, 0.25) is 0 Å². The van der Waals surface area contributed by atoms with E-state index in [9.17, 15) is 0 Å². The first kappa shape index (κ1) is 12.7. The predicted octanol–water partition coefficient (Wildman–Crippen LogP) is 0.149. The van der Waals surface area contributed by atoms with Crippen molar-refractivity contribution in [2.45, 2.75) is 18.9 Å². The number of pyridine rings is 1. The van der Waals surface area contributed by atoms with Crippen LogP contribution in [0.1, 0.15) is 18.5 Å². The van der Waals surface area contributed by atoms with Crippen molar-refractivity contribution >= 4 is 7.69 Å². The summed E-state index contributed by atoms with van der Waals surface area (Å²) < 4.78 is 15.8. The molecule has 0 bridgehead atoms. The molecule has 0 unspecified atom stereocenters. The number of nitrogens with zero attached hydrogens (tertiary/aromatic N) is 2. The van der Waals surface area contributed by atoms with Crippen LogP contribution in [0, 0.1) is 11.3 Å². The maximum absolute atomic E-state index is 9.01. The van der Waals surface area contributed by atoms with Crippen molar-refractivity contribution < 1.29 is 19.2 Å². The maximum Gasteiger partial charge on any atom is 0.505 e. The Morgan fingerprint density at radius 1 is 1.44 bits per heavy atom. The first-order chi connectivity index (χ1) is 8.83. The van der Waals surface area contributed by atoms with Crippen LogP contribution in [0.15, 0.2) is 12.1 Å². The number of nitriles is 1. The van der Waals surface area contributed by atoms with Crippen LogP contribution in [-0.2, 0) is 4.74 Å². The van der Waals surface area contributed by atoms with Gasteiger partial charge in [0.05, 0.1) is 13.2 Å². The molecule has 18 heavy (non-hydrogen) atoms. The van der Waals surface area contributed by atoms with E-state index in [4.69, 9.17) is 24.4 Å². The number of hydrogen-bond donors (Lipinski definition) is 1. The van der Waals surface area contributed by atoms with Crippen molar-refractivity contribution in [1.82, 2.24) is 4.98 Å². The summed E-state index contributed by atoms with van der Waals surface area (Å²) in [7, 11) is -0.474. The van der Waals surface area contributed by atoms with E-state index >= 15 is 0 Å². The van der Waals surface area contributed by atoms with Crippen molar-refractivity contribution in [1.29, 1.82) is 5.26 Å². The standard InChI is InChI=1S/C11H13BN2O4/c13-7-9-10(1-2-11(14-9)18-12-15)17-8-3-5-16-6-4-8/h1-2,8,12,15H,3-6H2. The van der Waals surface area contributed by atoms with Gasteiger partial charge in [-0.1, -0.05) is 0 Å². The molecule has 0 atom stereocenters. The third kappa shape index (κ3) is 3.12. The Labute approximate surface area is 105 Å². The third-order valence-electron chi connectivity index (χ3n) is 2.61. The van der Waals surface area contributed by atoms with E-state index in [0.717, 1.165) is 12.8 Å². The van der Waals surface area contributed by atoms with Gasteiger partial charge < -0.3 is 19.2 Å². The monoisotopic (exact) mass is 248 g/mol. The average molecular weight is 248 g/mol. The quantitative estimate of drug-likeness (QED) is 0.763. The van der Waals surface area contributed by atoms with Gasteiger partial charge in [-0.05, 0) is 6.07 Å². The summed E-state index contributed by atoms with van der Waals surface area (Å²) in [5.41, 5.74) is 0.160. The van der Waals surface area contributed by atoms with E-state index in [2.05, 4.69) is 4.98 Å². The molecule has 0 spiro atoms. The van der Waals surface area contributed by atoms with E-state index in [1.165, 1.54) is 0 Å². The van der Waals surface area contributed by atoms with Crippen molar-refractivity contribution in [3.63, 3.8) is 0 Å². The molecule has 0 saturated carbocycles. The maximum atomic E-state index is 9.01. The van der Waals surface area contributed by atoms with E-state index < -0.39 is 7.69 Å². The van der Waals surface area contributed by atoms with E-state index in [1.54, 1.807) is 12.1 Å². The second-order valence-electron chi connectivity index (χ2n) is 3.81. The fourth-order valence-electron chi connectivity index (χ4n) is 1.72. The van der Waals surface area contributed by atoms with Crippen LogP contribution in [0.5, 0.6) is 11.6 Å². The molecule has 1 N–H and O–H groups in total. The lowest BCUT2D eigenvalue weighted by Crippen LogP contribution is -2.26. The molecular weight excluding hydrogens is 235 g/mol. The Hall–Kier alpha value is -1.78. The van der Waals surface area contributed by atoms with Crippen molar-refractivity contribution in [2.75, 3.05) is 13.2 Å². The van der Waals surface area contributed by atoms with Crippen LogP contribution in [0.25, 0.3) is 0 Å². The lowest BCUT2D eigenvalue weighted by Gasteiger charge is -2.23. The fourth-order valence-corrected chi connectivity index (χ4v) is 1.72. The molecule has 1 aliphatic rings. The zero-order valence-electron chi connectivity index (χ0n) is 9.83. The van der Waals surface area contributed by atoms with Crippen molar-refractivity contribution in [3.8, 4) is 17.7 Å². The molecule has 0 amide bonds. The molecule has 2 rings (SSSR count). The minimum atomic E-state index is -0.474. The average Bonchev–Trinajstić information content (AvgIpc) is 2.42. The minimum absolute atomic E-state index is 0.0530. The normalized spacial score (nSPS) is 15.8. The highest BCUT2D eigenvalue weighted by atomic mass is 16.5. The second kappa shape index (κ2) is 6.24. The van der Waals surface area contributed by atoms with Crippen LogP contribution in [-0.4, -0.2) is 37.0 Å². The van der Waals surface area contributed by atoms with Gasteiger partial charge in [-0.25, -0.2) is 0 Å². The number of aromatic nitrogens is 1. The number of rotatable bonds is 4. The highest BCUT2D eigenvalue weighted by Crippen LogP contribution is 2.23. The number of ether oxygens (including phenoxy) is 2. The Morgan fingerprint density at radius 2 is 2.22 bits per heavy atom. The molecule has 1 aromatic rings. The Bertz CT molecular complexity index is 443. The molecule has 6 nitrogen and oxygen atoms in total. The summed E-state index contributed by atoms with van der Waals surface area (Å²) in [5, 5.41) is 17.6. The molecule has 7 heteroatoms. The van der Waals surface area contributed by atoms with Gasteiger partial charge in [0.25, 0.3) is 0 Å². The molecule has 1 saturated heterocycles. The van der Waals surface area contributed by atoms with Crippen LogP contribution in [0.4, 0.5) is 0 Å². The third-order valence-corrected chi connectivity index (χ3v) is 2.61. The van der Waals surface area contributed by atoms with Crippen LogP contribution < -0.4 is 9.39 Å². The molecule has 1 aromatic heterocycles.